The predicted octanol–water partition coefficient (Wildman–Crippen LogP) is 4.65. The topological polar surface area (TPSA) is 0 Å². The van der Waals surface area contributed by atoms with Gasteiger partial charge < -0.3 is 13.8 Å². The normalized spacial score (nSPS) is 6.35. The van der Waals surface area contributed by atoms with E-state index in [0.717, 1.165) is 0 Å². The van der Waals surface area contributed by atoms with Gasteiger partial charge in [0.05, 0.1) is 0 Å². The number of hydrogen-bond acceptors (Lipinski definition) is 0. The average Bonchev–Trinajstić information content (AvgIpc) is 2.48. The van der Waals surface area contributed by atoms with Crippen molar-refractivity contribution in [3.63, 3.8) is 0 Å². The molecule has 2 aromatic rings. The molecule has 0 spiro atoms. The summed E-state index contributed by atoms with van der Waals surface area (Å²) < 4.78 is 0. The molecular formula is C16H20Zn-4. The van der Waals surface area contributed by atoms with Gasteiger partial charge in [-0.05, 0) is 0 Å². The van der Waals surface area contributed by atoms with Crippen LogP contribution in [0.4, 0.5) is 0 Å². The van der Waals surface area contributed by atoms with E-state index in [1.54, 1.807) is 13.8 Å². The zero-order chi connectivity index (χ0) is 12.5. The van der Waals surface area contributed by atoms with Crippen LogP contribution in [-0.2, 0) is 19.5 Å². The standard InChI is InChI=1S/2C6H5.2C2H5.Zn/c2*1-2-4-6-5-3-1;2*1-2;/h2*1-5H;2*1H2,2H3;/q4*-1;. The van der Waals surface area contributed by atoms with E-state index in [4.69, 9.17) is 0 Å². The van der Waals surface area contributed by atoms with Crippen molar-refractivity contribution in [2.45, 2.75) is 13.8 Å². The van der Waals surface area contributed by atoms with E-state index < -0.39 is 0 Å². The van der Waals surface area contributed by atoms with Gasteiger partial charge in [0, 0.05) is 19.5 Å². The summed E-state index contributed by atoms with van der Waals surface area (Å²) in [4.78, 5) is 0. The minimum Gasteiger partial charge on any atom is -0.346 e. The molecule has 0 unspecified atom stereocenters. The summed E-state index contributed by atoms with van der Waals surface area (Å²) in [5.41, 5.74) is 0. The quantitative estimate of drug-likeness (QED) is 0.486. The molecule has 0 atom stereocenters. The number of rotatable bonds is 0. The van der Waals surface area contributed by atoms with Crippen LogP contribution < -0.4 is 0 Å². The molecule has 0 radical (unpaired) electrons. The van der Waals surface area contributed by atoms with Gasteiger partial charge in [0.25, 0.3) is 0 Å². The maximum atomic E-state index is 3.25. The Balaban J connectivity index is -0.000000171. The van der Waals surface area contributed by atoms with E-state index in [2.05, 4.69) is 26.0 Å². The van der Waals surface area contributed by atoms with Gasteiger partial charge in [0.2, 0.25) is 0 Å². The third-order valence-corrected chi connectivity index (χ3v) is 1.21. The molecule has 1 heteroatoms. The van der Waals surface area contributed by atoms with Gasteiger partial charge in [-0.2, -0.15) is 86.6 Å². The fourth-order valence-electron chi connectivity index (χ4n) is 0.684. The van der Waals surface area contributed by atoms with Crippen molar-refractivity contribution in [1.29, 1.82) is 0 Å². The first kappa shape index (κ1) is 21.4. The van der Waals surface area contributed by atoms with Crippen molar-refractivity contribution in [2.75, 3.05) is 0 Å². The molecule has 17 heavy (non-hydrogen) atoms. The maximum Gasteiger partial charge on any atom is 0 e. The molecule has 0 aliphatic carbocycles. The van der Waals surface area contributed by atoms with Gasteiger partial charge in [0.1, 0.15) is 0 Å². The Morgan fingerprint density at radius 2 is 0.765 bits per heavy atom. The minimum atomic E-state index is 0. The molecule has 0 bridgehead atoms. The summed E-state index contributed by atoms with van der Waals surface area (Å²) in [5.74, 6) is 0. The molecule has 0 heterocycles. The molecule has 0 aliphatic heterocycles. The molecule has 0 saturated carbocycles. The second-order valence-electron chi connectivity index (χ2n) is 2.15. The first-order chi connectivity index (χ1) is 8.00. The molecule has 0 aliphatic rings. The Bertz CT molecular complexity index is 181. The van der Waals surface area contributed by atoms with Crippen LogP contribution in [0.15, 0.2) is 60.7 Å². The smallest absolute Gasteiger partial charge is 0 e. The van der Waals surface area contributed by atoms with Gasteiger partial charge in [-0.25, -0.2) is 0 Å². The van der Waals surface area contributed by atoms with Gasteiger partial charge >= 0.3 is 0 Å². The van der Waals surface area contributed by atoms with E-state index in [9.17, 15) is 0 Å². The van der Waals surface area contributed by atoms with Gasteiger partial charge in [0.15, 0.2) is 0 Å². The molecule has 0 aromatic heterocycles. The van der Waals surface area contributed by atoms with E-state index >= 15 is 0 Å². The zero-order valence-corrected chi connectivity index (χ0v) is 13.9. The van der Waals surface area contributed by atoms with Crippen molar-refractivity contribution in [3.8, 4) is 0 Å². The van der Waals surface area contributed by atoms with Gasteiger partial charge in [-0.1, -0.05) is 0 Å². The summed E-state index contributed by atoms with van der Waals surface area (Å²) >= 11 is 0. The Kier molecular flexibility index (Phi) is 30.6. The first-order valence-corrected chi connectivity index (χ1v) is 5.24. The first-order valence-electron chi connectivity index (χ1n) is 5.24. The average molecular weight is 278 g/mol. The summed E-state index contributed by atoms with van der Waals surface area (Å²) in [6, 6.07) is 25.0. The molecular weight excluding hydrogens is 258 g/mol. The van der Waals surface area contributed by atoms with Crippen LogP contribution in [0.2, 0.25) is 0 Å². The van der Waals surface area contributed by atoms with Crippen molar-refractivity contribution < 1.29 is 19.5 Å². The fourth-order valence-corrected chi connectivity index (χ4v) is 0.684. The van der Waals surface area contributed by atoms with Crippen molar-refractivity contribution in [3.05, 3.63) is 86.6 Å². The van der Waals surface area contributed by atoms with Crippen LogP contribution in [0.25, 0.3) is 0 Å². The van der Waals surface area contributed by atoms with E-state index in [1.807, 2.05) is 60.7 Å². The molecule has 0 saturated heterocycles. The molecule has 0 N–H and O–H groups in total. The molecule has 2 rings (SSSR count). The minimum absolute atomic E-state index is 0. The second-order valence-corrected chi connectivity index (χ2v) is 2.15. The van der Waals surface area contributed by atoms with Gasteiger partial charge in [-0.15, -0.1) is 0 Å². The largest absolute Gasteiger partial charge is 0.346 e. The summed E-state index contributed by atoms with van der Waals surface area (Å²) in [6.07, 6.45) is 0. The van der Waals surface area contributed by atoms with Gasteiger partial charge in [-0.3, -0.25) is 0 Å². The van der Waals surface area contributed by atoms with Crippen LogP contribution >= 0.6 is 0 Å². The maximum absolute atomic E-state index is 3.25. The third-order valence-electron chi connectivity index (χ3n) is 1.21. The summed E-state index contributed by atoms with van der Waals surface area (Å²) in [5, 5.41) is 0. The SMILES string of the molecule is [CH2-]C.[CH2-]C.[Zn].[c-]1ccccc1.[c-]1ccccc1. The van der Waals surface area contributed by atoms with E-state index in [-0.39, 0.29) is 19.5 Å². The van der Waals surface area contributed by atoms with Crippen LogP contribution in [0, 0.1) is 26.0 Å². The Morgan fingerprint density at radius 1 is 0.529 bits per heavy atom. The summed E-state index contributed by atoms with van der Waals surface area (Å²) in [6.45, 7) is 10.0. The number of benzene rings is 2. The Morgan fingerprint density at radius 3 is 0.824 bits per heavy atom. The molecule has 0 fully saturated rings. The predicted molar refractivity (Wildman–Crippen MR) is 72.6 cm³/mol. The monoisotopic (exact) mass is 276 g/mol. The molecule has 0 nitrogen and oxygen atoms in total. The summed E-state index contributed by atoms with van der Waals surface area (Å²) in [7, 11) is 0. The fraction of sp³-hybridized carbons (Fsp3) is 0.125. The van der Waals surface area contributed by atoms with E-state index in [1.165, 1.54) is 0 Å². The van der Waals surface area contributed by atoms with Crippen LogP contribution in [-0.4, -0.2) is 0 Å². The zero-order valence-electron chi connectivity index (χ0n) is 10.9. The Hall–Kier alpha value is -0.937. The molecule has 90 valence electrons. The number of hydrogen-bond donors (Lipinski definition) is 0. The van der Waals surface area contributed by atoms with Crippen molar-refractivity contribution in [2.24, 2.45) is 0 Å². The third kappa shape index (κ3) is 21.0. The van der Waals surface area contributed by atoms with Crippen molar-refractivity contribution in [1.82, 2.24) is 0 Å². The van der Waals surface area contributed by atoms with Crippen molar-refractivity contribution >= 4 is 0 Å². The molecule has 2 aromatic carbocycles. The van der Waals surface area contributed by atoms with Crippen LogP contribution in [0.5, 0.6) is 0 Å². The molecule has 0 amide bonds. The van der Waals surface area contributed by atoms with E-state index in [0.29, 0.717) is 0 Å². The second kappa shape index (κ2) is 24.3. The van der Waals surface area contributed by atoms with Crippen LogP contribution in [0.3, 0.4) is 0 Å². The Labute approximate surface area is 120 Å². The van der Waals surface area contributed by atoms with Crippen LogP contribution in [0.1, 0.15) is 13.8 Å².